The standard InChI is InChI=1S/C24H26N4.4ClH.2Cu/c1-17-18(2)24(28-16-12-22-10-6-8-14-26-22)20(4)19(3)23(17)27-15-11-21-9-5-7-13-25-21;;;;;;/h5-10,13-16H,11-12H2,1-4H3;4*1H;;. The molecule has 0 amide bonds. The monoisotopic (exact) mass is 640 g/mol. The van der Waals surface area contributed by atoms with Crippen LogP contribution in [-0.2, 0) is 47.0 Å². The van der Waals surface area contributed by atoms with E-state index >= 15 is 0 Å². The van der Waals surface area contributed by atoms with Gasteiger partial charge in [-0.1, -0.05) is 12.1 Å². The predicted octanol–water partition coefficient (Wildman–Crippen LogP) is 7.28. The van der Waals surface area contributed by atoms with E-state index in [1.807, 2.05) is 61.2 Å². The molecule has 2 heterocycles. The first kappa shape index (κ1) is 40.2. The van der Waals surface area contributed by atoms with E-state index in [1.54, 1.807) is 0 Å². The number of aliphatic imine (C=N–C) groups is 2. The molecule has 0 fully saturated rings. The van der Waals surface area contributed by atoms with Crippen LogP contribution in [0.3, 0.4) is 0 Å². The largest absolute Gasteiger partial charge is 0.261 e. The molecule has 0 aliphatic heterocycles. The van der Waals surface area contributed by atoms with Crippen LogP contribution in [0.15, 0.2) is 58.8 Å². The number of pyridine rings is 2. The molecule has 0 bridgehead atoms. The quantitative estimate of drug-likeness (QED) is 0.210. The number of benzene rings is 1. The van der Waals surface area contributed by atoms with E-state index < -0.39 is 0 Å². The Hall–Kier alpha value is -0.941. The normalized spacial score (nSPS) is 9.53. The molecule has 0 unspecified atom stereocenters. The fourth-order valence-corrected chi connectivity index (χ4v) is 3.16. The number of nitrogens with zero attached hydrogens (tertiary/aromatic N) is 4. The zero-order valence-corrected chi connectivity index (χ0v) is 24.4. The topological polar surface area (TPSA) is 50.5 Å². The van der Waals surface area contributed by atoms with Crippen molar-refractivity contribution < 1.29 is 34.1 Å². The van der Waals surface area contributed by atoms with Crippen LogP contribution in [0, 0.1) is 27.7 Å². The van der Waals surface area contributed by atoms with Crippen LogP contribution in [0.1, 0.15) is 33.6 Å². The Morgan fingerprint density at radius 3 is 1.18 bits per heavy atom. The maximum absolute atomic E-state index is 4.76. The van der Waals surface area contributed by atoms with Crippen molar-refractivity contribution in [2.24, 2.45) is 9.98 Å². The molecular formula is C24H30Cl4Cu2N4. The van der Waals surface area contributed by atoms with E-state index in [4.69, 9.17) is 9.98 Å². The van der Waals surface area contributed by atoms with Crippen molar-refractivity contribution in [3.8, 4) is 0 Å². The van der Waals surface area contributed by atoms with Gasteiger partial charge in [0.15, 0.2) is 0 Å². The number of aromatic nitrogens is 2. The van der Waals surface area contributed by atoms with Crippen molar-refractivity contribution in [1.29, 1.82) is 0 Å². The van der Waals surface area contributed by atoms with Gasteiger partial charge in [-0.2, -0.15) is 0 Å². The molecule has 0 atom stereocenters. The Kier molecular flexibility index (Phi) is 24.0. The summed E-state index contributed by atoms with van der Waals surface area (Å²) in [6.07, 6.45) is 8.96. The number of hydrogen-bond donors (Lipinski definition) is 0. The molecule has 0 saturated heterocycles. The van der Waals surface area contributed by atoms with E-state index in [2.05, 4.69) is 37.7 Å². The number of hydrogen-bond acceptors (Lipinski definition) is 4. The van der Waals surface area contributed by atoms with Crippen molar-refractivity contribution in [3.05, 3.63) is 82.4 Å². The zero-order valence-electron chi connectivity index (χ0n) is 19.2. The predicted molar refractivity (Wildman–Crippen MR) is 147 cm³/mol. The Bertz CT molecular complexity index is 907. The van der Waals surface area contributed by atoms with E-state index in [0.29, 0.717) is 0 Å². The summed E-state index contributed by atoms with van der Waals surface area (Å²) in [5.41, 5.74) is 8.80. The molecule has 3 rings (SSSR count). The van der Waals surface area contributed by atoms with Crippen molar-refractivity contribution >= 4 is 73.4 Å². The molecule has 196 valence electrons. The molecule has 3 aromatic rings. The number of rotatable bonds is 6. The first-order valence-electron chi connectivity index (χ1n) is 9.53. The minimum absolute atomic E-state index is 0. The molecule has 1 aromatic carbocycles. The molecule has 34 heavy (non-hydrogen) atoms. The Balaban J connectivity index is -0.000000750. The molecule has 0 saturated carbocycles. The van der Waals surface area contributed by atoms with Crippen LogP contribution >= 0.6 is 49.6 Å². The molecule has 2 radical (unpaired) electrons. The van der Waals surface area contributed by atoms with Crippen molar-refractivity contribution in [2.75, 3.05) is 0 Å². The van der Waals surface area contributed by atoms with Gasteiger partial charge in [0.2, 0.25) is 0 Å². The molecule has 10 heteroatoms. The summed E-state index contributed by atoms with van der Waals surface area (Å²) in [6.45, 7) is 8.47. The maximum atomic E-state index is 4.76. The second-order valence-corrected chi connectivity index (χ2v) is 6.87. The Morgan fingerprint density at radius 1 is 0.588 bits per heavy atom. The minimum Gasteiger partial charge on any atom is -0.261 e. The summed E-state index contributed by atoms with van der Waals surface area (Å²) in [5, 5.41) is 0. The van der Waals surface area contributed by atoms with Gasteiger partial charge in [-0.05, 0) is 74.2 Å². The second-order valence-electron chi connectivity index (χ2n) is 6.87. The molecule has 0 aliphatic rings. The van der Waals surface area contributed by atoms with Crippen LogP contribution in [0.5, 0.6) is 0 Å². The van der Waals surface area contributed by atoms with Gasteiger partial charge < -0.3 is 0 Å². The molecule has 2 aromatic heterocycles. The third-order valence-electron chi connectivity index (χ3n) is 5.04. The van der Waals surface area contributed by atoms with Gasteiger partial charge in [0, 0.05) is 83.2 Å². The van der Waals surface area contributed by atoms with E-state index in [9.17, 15) is 0 Å². The van der Waals surface area contributed by atoms with Gasteiger partial charge in [0.05, 0.1) is 11.4 Å². The van der Waals surface area contributed by atoms with E-state index in [-0.39, 0.29) is 83.8 Å². The fourth-order valence-electron chi connectivity index (χ4n) is 3.16. The van der Waals surface area contributed by atoms with Crippen molar-refractivity contribution in [1.82, 2.24) is 9.97 Å². The van der Waals surface area contributed by atoms with Gasteiger partial charge in [-0.15, -0.1) is 49.6 Å². The fraction of sp³-hybridized carbons (Fsp3) is 0.250. The second kappa shape index (κ2) is 20.3. The van der Waals surface area contributed by atoms with Gasteiger partial charge in [-0.3, -0.25) is 20.0 Å². The summed E-state index contributed by atoms with van der Waals surface area (Å²) in [5.74, 6) is 0. The summed E-state index contributed by atoms with van der Waals surface area (Å²) in [4.78, 5) is 18.2. The van der Waals surface area contributed by atoms with Gasteiger partial charge in [0.1, 0.15) is 0 Å². The maximum Gasteiger partial charge on any atom is 0.0690 e. The van der Waals surface area contributed by atoms with Crippen LogP contribution in [0.4, 0.5) is 11.4 Å². The molecule has 0 N–H and O–H groups in total. The minimum atomic E-state index is 0. The van der Waals surface area contributed by atoms with Crippen molar-refractivity contribution in [2.45, 2.75) is 40.5 Å². The van der Waals surface area contributed by atoms with Crippen LogP contribution in [-0.4, -0.2) is 22.4 Å². The van der Waals surface area contributed by atoms with Gasteiger partial charge >= 0.3 is 0 Å². The third-order valence-corrected chi connectivity index (χ3v) is 5.04. The van der Waals surface area contributed by atoms with Crippen LogP contribution in [0.25, 0.3) is 0 Å². The first-order chi connectivity index (χ1) is 13.6. The van der Waals surface area contributed by atoms with Crippen LogP contribution in [0.2, 0.25) is 0 Å². The average Bonchev–Trinajstić information content (AvgIpc) is 2.73. The summed E-state index contributed by atoms with van der Waals surface area (Å²) < 4.78 is 0. The molecule has 0 aliphatic carbocycles. The van der Waals surface area contributed by atoms with Gasteiger partial charge in [-0.25, -0.2) is 0 Å². The van der Waals surface area contributed by atoms with E-state index in [0.717, 1.165) is 35.6 Å². The SMILES string of the molecule is Cc1c(C)c(N=CCc2ccccn2)c(C)c(C)c1N=CCc1ccccn1.Cl.Cl.Cl.Cl.[Cu].[Cu]. The average molecular weight is 643 g/mol. The number of halogens is 4. The molecule has 4 nitrogen and oxygen atoms in total. The molecule has 0 spiro atoms. The molecular weight excluding hydrogens is 613 g/mol. The third kappa shape index (κ3) is 10.8. The Morgan fingerprint density at radius 2 is 0.912 bits per heavy atom. The summed E-state index contributed by atoms with van der Waals surface area (Å²) in [6, 6.07) is 11.9. The smallest absolute Gasteiger partial charge is 0.0690 e. The van der Waals surface area contributed by atoms with Gasteiger partial charge in [0.25, 0.3) is 0 Å². The van der Waals surface area contributed by atoms with Crippen molar-refractivity contribution in [3.63, 3.8) is 0 Å². The van der Waals surface area contributed by atoms with Crippen LogP contribution < -0.4 is 0 Å². The zero-order chi connectivity index (χ0) is 19.9. The Labute approximate surface area is 248 Å². The summed E-state index contributed by atoms with van der Waals surface area (Å²) >= 11 is 0. The van der Waals surface area contributed by atoms with E-state index in [1.165, 1.54) is 22.3 Å². The first-order valence-corrected chi connectivity index (χ1v) is 9.53. The summed E-state index contributed by atoms with van der Waals surface area (Å²) in [7, 11) is 0.